The molecule has 1 fully saturated rings. The molecule has 1 saturated heterocycles. The van der Waals surface area contributed by atoms with Gasteiger partial charge >= 0.3 is 0 Å². The van der Waals surface area contributed by atoms with Crippen molar-refractivity contribution in [1.82, 2.24) is 20.4 Å². The number of carbonyl (C=O) groups is 1. The largest absolute Gasteiger partial charge is 0.373 e. The summed E-state index contributed by atoms with van der Waals surface area (Å²) in [5.41, 5.74) is 1.13. The van der Waals surface area contributed by atoms with Crippen molar-refractivity contribution in [3.8, 4) is 0 Å². The van der Waals surface area contributed by atoms with Crippen molar-refractivity contribution in [2.45, 2.75) is 52.8 Å². The van der Waals surface area contributed by atoms with Crippen LogP contribution in [-0.4, -0.2) is 41.4 Å². The van der Waals surface area contributed by atoms with E-state index in [1.165, 1.54) is 0 Å². The van der Waals surface area contributed by atoms with Crippen molar-refractivity contribution < 1.29 is 9.53 Å². The number of rotatable bonds is 8. The first-order valence-corrected chi connectivity index (χ1v) is 8.66. The quantitative estimate of drug-likeness (QED) is 0.765. The molecule has 0 unspecified atom stereocenters. The molecule has 6 heteroatoms. The summed E-state index contributed by atoms with van der Waals surface area (Å²) in [7, 11) is 0. The molecule has 0 spiro atoms. The van der Waals surface area contributed by atoms with E-state index < -0.39 is 0 Å². The summed E-state index contributed by atoms with van der Waals surface area (Å²) >= 11 is 0. The first-order chi connectivity index (χ1) is 11.0. The van der Waals surface area contributed by atoms with Gasteiger partial charge in [-0.2, -0.15) is 5.10 Å². The molecular weight excluding hydrogens is 292 g/mol. The van der Waals surface area contributed by atoms with Crippen LogP contribution in [0.3, 0.4) is 0 Å². The monoisotopic (exact) mass is 322 g/mol. The van der Waals surface area contributed by atoms with E-state index in [1.54, 1.807) is 0 Å². The average molecular weight is 322 g/mol. The zero-order valence-corrected chi connectivity index (χ0v) is 14.7. The van der Waals surface area contributed by atoms with Crippen molar-refractivity contribution in [2.24, 2.45) is 11.8 Å². The molecule has 0 bridgehead atoms. The number of aryl methyl sites for hydroxylation is 1. The molecule has 2 rings (SSSR count). The normalized spacial score (nSPS) is 22.5. The van der Waals surface area contributed by atoms with Crippen molar-refractivity contribution in [3.05, 3.63) is 18.0 Å². The van der Waals surface area contributed by atoms with Gasteiger partial charge in [0, 0.05) is 43.9 Å². The summed E-state index contributed by atoms with van der Waals surface area (Å²) in [5.74, 6) is 0.909. The molecule has 0 radical (unpaired) electrons. The highest BCUT2D eigenvalue weighted by molar-refractivity contribution is 5.81. The third-order valence-electron chi connectivity index (χ3n) is 4.28. The maximum absolute atomic E-state index is 12.0. The minimum absolute atomic E-state index is 0.0629. The van der Waals surface area contributed by atoms with Gasteiger partial charge in [-0.3, -0.25) is 9.48 Å². The second-order valence-corrected chi connectivity index (χ2v) is 6.74. The van der Waals surface area contributed by atoms with E-state index in [9.17, 15) is 4.79 Å². The van der Waals surface area contributed by atoms with E-state index in [1.807, 2.05) is 17.8 Å². The molecule has 3 atom stereocenters. The number of aromatic nitrogens is 2. The van der Waals surface area contributed by atoms with Gasteiger partial charge < -0.3 is 15.4 Å². The Hall–Kier alpha value is -1.40. The van der Waals surface area contributed by atoms with E-state index in [0.29, 0.717) is 11.8 Å². The SMILES string of the molecule is CCn1cc([C@@H]2OCC[C@H]2CN[C@H](C)C(=O)NCC(C)C)cn1. The predicted molar refractivity (Wildman–Crippen MR) is 90.0 cm³/mol. The Labute approximate surface area is 139 Å². The second kappa shape index (κ2) is 8.45. The number of ether oxygens (including phenoxy) is 1. The minimum Gasteiger partial charge on any atom is -0.373 e. The van der Waals surface area contributed by atoms with Gasteiger partial charge in [-0.1, -0.05) is 13.8 Å². The molecule has 0 saturated carbocycles. The van der Waals surface area contributed by atoms with Crippen LogP contribution in [0.25, 0.3) is 0 Å². The molecule has 130 valence electrons. The lowest BCUT2D eigenvalue weighted by molar-refractivity contribution is -0.123. The number of hydrogen-bond donors (Lipinski definition) is 2. The summed E-state index contributed by atoms with van der Waals surface area (Å²) in [5, 5.41) is 10.6. The van der Waals surface area contributed by atoms with Crippen molar-refractivity contribution in [1.29, 1.82) is 0 Å². The summed E-state index contributed by atoms with van der Waals surface area (Å²) in [6.45, 7) is 11.3. The summed E-state index contributed by atoms with van der Waals surface area (Å²) in [4.78, 5) is 12.0. The fourth-order valence-electron chi connectivity index (χ4n) is 2.79. The summed E-state index contributed by atoms with van der Waals surface area (Å²) in [6.07, 6.45) is 5.04. The van der Waals surface area contributed by atoms with Gasteiger partial charge in [0.2, 0.25) is 5.91 Å². The van der Waals surface area contributed by atoms with Crippen LogP contribution < -0.4 is 10.6 Å². The fourth-order valence-corrected chi connectivity index (χ4v) is 2.79. The lowest BCUT2D eigenvalue weighted by Gasteiger charge is -2.21. The molecule has 0 aromatic carbocycles. The smallest absolute Gasteiger partial charge is 0.236 e. The zero-order valence-electron chi connectivity index (χ0n) is 14.7. The van der Waals surface area contributed by atoms with Gasteiger partial charge in [-0.25, -0.2) is 0 Å². The predicted octanol–water partition coefficient (Wildman–Crippen LogP) is 1.73. The van der Waals surface area contributed by atoms with Gasteiger partial charge in [0.15, 0.2) is 0 Å². The van der Waals surface area contributed by atoms with Crippen LogP contribution in [0.5, 0.6) is 0 Å². The number of nitrogens with zero attached hydrogens (tertiary/aromatic N) is 2. The molecular formula is C17H30N4O2. The maximum atomic E-state index is 12.0. The van der Waals surface area contributed by atoms with Crippen molar-refractivity contribution in [2.75, 3.05) is 19.7 Å². The Morgan fingerprint density at radius 1 is 1.48 bits per heavy atom. The highest BCUT2D eigenvalue weighted by atomic mass is 16.5. The van der Waals surface area contributed by atoms with Gasteiger partial charge in [0.25, 0.3) is 0 Å². The number of nitrogens with one attached hydrogen (secondary N) is 2. The van der Waals surface area contributed by atoms with Crippen molar-refractivity contribution in [3.63, 3.8) is 0 Å². The third-order valence-corrected chi connectivity index (χ3v) is 4.28. The first-order valence-electron chi connectivity index (χ1n) is 8.66. The summed E-state index contributed by atoms with van der Waals surface area (Å²) in [6, 6.07) is -0.187. The number of hydrogen-bond acceptors (Lipinski definition) is 4. The van der Waals surface area contributed by atoms with E-state index in [0.717, 1.165) is 38.2 Å². The number of amides is 1. The molecule has 23 heavy (non-hydrogen) atoms. The van der Waals surface area contributed by atoms with E-state index in [-0.39, 0.29) is 18.1 Å². The van der Waals surface area contributed by atoms with E-state index >= 15 is 0 Å². The van der Waals surface area contributed by atoms with Crippen LogP contribution in [0.4, 0.5) is 0 Å². The van der Waals surface area contributed by atoms with Crippen LogP contribution >= 0.6 is 0 Å². The Morgan fingerprint density at radius 2 is 2.26 bits per heavy atom. The molecule has 0 aliphatic carbocycles. The summed E-state index contributed by atoms with van der Waals surface area (Å²) < 4.78 is 7.81. The highest BCUT2D eigenvalue weighted by Crippen LogP contribution is 2.33. The van der Waals surface area contributed by atoms with Crippen LogP contribution in [0.2, 0.25) is 0 Å². The molecule has 6 nitrogen and oxygen atoms in total. The Balaban J connectivity index is 1.83. The molecule has 2 heterocycles. The topological polar surface area (TPSA) is 68.2 Å². The fraction of sp³-hybridized carbons (Fsp3) is 0.765. The molecule has 2 N–H and O–H groups in total. The van der Waals surface area contributed by atoms with Gasteiger partial charge in [0.05, 0.1) is 18.3 Å². The molecule has 1 aliphatic rings. The highest BCUT2D eigenvalue weighted by Gasteiger charge is 2.31. The van der Waals surface area contributed by atoms with Crippen LogP contribution in [0.15, 0.2) is 12.4 Å². The Kier molecular flexibility index (Phi) is 6.59. The maximum Gasteiger partial charge on any atom is 0.236 e. The van der Waals surface area contributed by atoms with E-state index in [2.05, 4.69) is 42.7 Å². The van der Waals surface area contributed by atoms with Crippen LogP contribution in [-0.2, 0) is 16.1 Å². The lowest BCUT2D eigenvalue weighted by Crippen LogP contribution is -2.45. The standard InChI is InChI=1S/C17H30N4O2/c1-5-21-11-15(10-20-21)16-14(6-7-23-16)9-18-13(4)17(22)19-8-12(2)3/h10-14,16,18H,5-9H2,1-4H3,(H,19,22)/t13-,14+,16-/m1/s1. The van der Waals surface area contributed by atoms with Gasteiger partial charge in [-0.05, 0) is 26.2 Å². The number of carbonyl (C=O) groups excluding carboxylic acids is 1. The lowest BCUT2D eigenvalue weighted by atomic mass is 9.97. The third kappa shape index (κ3) is 5.04. The van der Waals surface area contributed by atoms with E-state index in [4.69, 9.17) is 4.74 Å². The van der Waals surface area contributed by atoms with Gasteiger partial charge in [0.1, 0.15) is 0 Å². The van der Waals surface area contributed by atoms with Crippen molar-refractivity contribution >= 4 is 5.91 Å². The minimum atomic E-state index is -0.187. The Morgan fingerprint density at radius 3 is 2.91 bits per heavy atom. The van der Waals surface area contributed by atoms with Gasteiger partial charge in [-0.15, -0.1) is 0 Å². The Bertz CT molecular complexity index is 501. The molecule has 1 amide bonds. The first kappa shape index (κ1) is 17.9. The molecule has 1 aromatic rings. The second-order valence-electron chi connectivity index (χ2n) is 6.74. The average Bonchev–Trinajstić information content (AvgIpc) is 3.18. The zero-order chi connectivity index (χ0) is 16.8. The van der Waals surface area contributed by atoms with Crippen LogP contribution in [0.1, 0.15) is 45.8 Å². The molecule has 1 aliphatic heterocycles. The van der Waals surface area contributed by atoms with Crippen LogP contribution in [0, 0.1) is 11.8 Å². The molecule has 1 aromatic heterocycles.